The molecule has 10 atom stereocenters. The van der Waals surface area contributed by atoms with Crippen LogP contribution in [0.3, 0.4) is 0 Å². The molecule has 40 heavy (non-hydrogen) atoms. The molecule has 1 aromatic carbocycles. The van der Waals surface area contributed by atoms with Gasteiger partial charge < -0.3 is 55.0 Å². The molecule has 5 rings (SSSR count). The van der Waals surface area contributed by atoms with Crippen molar-refractivity contribution in [2.45, 2.75) is 80.5 Å². The molecule has 17 heteroatoms. The van der Waals surface area contributed by atoms with E-state index in [1.54, 1.807) is 21.0 Å². The van der Waals surface area contributed by atoms with Gasteiger partial charge in [0.05, 0.1) is 47.8 Å². The number of amides is 1. The summed E-state index contributed by atoms with van der Waals surface area (Å²) in [6.45, 7) is 1.75. The van der Waals surface area contributed by atoms with Gasteiger partial charge in [-0.1, -0.05) is 0 Å². The standard InChI is InChI=1S/C23H34N5O11P/c1-9-6-13(28-15(29)8-14-26-11-5-4-10(7-12(11)27-14)39-40(33,34)35)23(32)22(36-9)37-21-19(31)16(24-2)18(30)17(25-3)20(21)38-23/h4-5,7,9,13,16-22,24-25,30-32H,6,8H2,1-3H3,(H,26,27)(H,28,29)(H2,33,34,35)/t9-,13-,16-,17+,18+,19+,20-,21-,22+,23+/m1/s1. The Morgan fingerprint density at radius 3 is 2.58 bits per heavy atom. The number of likely N-dealkylation sites (N-methyl/N-ethyl adjacent to an activating group) is 2. The number of fused-ring (bicyclic) bond motifs is 3. The normalized spacial score (nSPS) is 38.0. The fourth-order valence-corrected chi connectivity index (χ4v) is 6.12. The molecular weight excluding hydrogens is 553 g/mol. The number of phosphoric ester groups is 1. The maximum absolute atomic E-state index is 13.1. The molecule has 9 N–H and O–H groups in total. The van der Waals surface area contributed by atoms with Crippen molar-refractivity contribution in [1.82, 2.24) is 25.9 Å². The minimum absolute atomic E-state index is 0.0839. The van der Waals surface area contributed by atoms with E-state index in [-0.39, 0.29) is 24.4 Å². The molecule has 16 nitrogen and oxygen atoms in total. The highest BCUT2D eigenvalue weighted by Gasteiger charge is 2.63. The average Bonchev–Trinajstić information content (AvgIpc) is 3.25. The minimum Gasteiger partial charge on any atom is -0.404 e. The monoisotopic (exact) mass is 587 g/mol. The lowest BCUT2D eigenvalue weighted by atomic mass is 9.79. The lowest BCUT2D eigenvalue weighted by Gasteiger charge is -2.58. The van der Waals surface area contributed by atoms with E-state index in [1.807, 2.05) is 0 Å². The van der Waals surface area contributed by atoms with Crippen LogP contribution < -0.4 is 20.5 Å². The van der Waals surface area contributed by atoms with Crippen molar-refractivity contribution in [3.8, 4) is 5.75 Å². The topological polar surface area (TPSA) is 237 Å². The highest BCUT2D eigenvalue weighted by molar-refractivity contribution is 7.46. The second kappa shape index (κ2) is 10.9. The molecule has 3 heterocycles. The largest absolute Gasteiger partial charge is 0.524 e. The van der Waals surface area contributed by atoms with Gasteiger partial charge in [-0.15, -0.1) is 0 Å². The Kier molecular flexibility index (Phi) is 7.97. The Balaban J connectivity index is 1.32. The van der Waals surface area contributed by atoms with Crippen LogP contribution in [-0.4, -0.2) is 116 Å². The summed E-state index contributed by atoms with van der Waals surface area (Å²) in [6.07, 6.45) is -5.99. The highest BCUT2D eigenvalue weighted by atomic mass is 31.2. The molecule has 1 aliphatic carbocycles. The molecule has 2 saturated heterocycles. The zero-order chi connectivity index (χ0) is 29.0. The summed E-state index contributed by atoms with van der Waals surface area (Å²) >= 11 is 0. The van der Waals surface area contributed by atoms with Crippen LogP contribution >= 0.6 is 7.82 Å². The fourth-order valence-electron chi connectivity index (χ4n) is 5.73. The Hall–Kier alpha value is -2.21. The Morgan fingerprint density at radius 2 is 1.90 bits per heavy atom. The number of ether oxygens (including phenoxy) is 3. The van der Waals surface area contributed by atoms with E-state index in [0.29, 0.717) is 11.0 Å². The predicted octanol–water partition coefficient (Wildman–Crippen LogP) is -2.42. The molecule has 0 radical (unpaired) electrons. The van der Waals surface area contributed by atoms with E-state index in [9.17, 15) is 24.7 Å². The Morgan fingerprint density at radius 1 is 1.18 bits per heavy atom. The van der Waals surface area contributed by atoms with Crippen LogP contribution in [0.25, 0.3) is 11.0 Å². The van der Waals surface area contributed by atoms with Gasteiger partial charge in [0.1, 0.15) is 29.9 Å². The van der Waals surface area contributed by atoms with Crippen molar-refractivity contribution >= 4 is 24.8 Å². The summed E-state index contributed by atoms with van der Waals surface area (Å²) in [4.78, 5) is 38.4. The SMILES string of the molecule is CN[C@@H]1[C@H](O)[C@H](NC)[C@H]2O[C@]3(O)[C@H](O[C@@H]2[C@H]1O)O[C@H](C)C[C@H]3NC(=O)Cc1nc2cc(OP(=O)(O)O)ccc2[nH]1. The summed E-state index contributed by atoms with van der Waals surface area (Å²) in [7, 11) is -1.53. The second-order valence-corrected chi connectivity index (χ2v) is 11.5. The third kappa shape index (κ3) is 5.49. The molecule has 222 valence electrons. The van der Waals surface area contributed by atoms with Crippen LogP contribution in [0.5, 0.6) is 5.75 Å². The molecule has 0 bridgehead atoms. The second-order valence-electron chi connectivity index (χ2n) is 10.3. The molecule has 3 aliphatic rings. The first-order chi connectivity index (χ1) is 18.8. The van der Waals surface area contributed by atoms with Crippen molar-refractivity contribution in [3.05, 3.63) is 24.0 Å². The van der Waals surface area contributed by atoms with Crippen LogP contribution in [0.2, 0.25) is 0 Å². The number of aromatic nitrogens is 2. The maximum atomic E-state index is 13.1. The van der Waals surface area contributed by atoms with Gasteiger partial charge in [-0.05, 0) is 39.6 Å². The van der Waals surface area contributed by atoms with Gasteiger partial charge in [0.2, 0.25) is 18.0 Å². The van der Waals surface area contributed by atoms with Crippen molar-refractivity contribution in [2.24, 2.45) is 0 Å². The number of carbonyl (C=O) groups is 1. The Labute approximate surface area is 228 Å². The summed E-state index contributed by atoms with van der Waals surface area (Å²) in [5, 5.41) is 42.0. The smallest absolute Gasteiger partial charge is 0.404 e. The molecule has 1 amide bonds. The third-order valence-corrected chi connectivity index (χ3v) is 7.99. The molecule has 3 fully saturated rings. The van der Waals surface area contributed by atoms with Gasteiger partial charge in [0, 0.05) is 6.07 Å². The minimum atomic E-state index is -4.75. The number of aliphatic hydroxyl groups is 3. The van der Waals surface area contributed by atoms with Crippen LogP contribution in [-0.2, 0) is 30.0 Å². The van der Waals surface area contributed by atoms with E-state index >= 15 is 0 Å². The van der Waals surface area contributed by atoms with Crippen LogP contribution in [0.4, 0.5) is 0 Å². The van der Waals surface area contributed by atoms with Crippen molar-refractivity contribution in [2.75, 3.05) is 14.1 Å². The fraction of sp³-hybridized carbons (Fsp3) is 0.652. The zero-order valence-electron chi connectivity index (χ0n) is 21.9. The number of carbonyl (C=O) groups excluding carboxylic acids is 1. The van der Waals surface area contributed by atoms with Gasteiger partial charge in [-0.25, -0.2) is 9.55 Å². The average molecular weight is 588 g/mol. The highest BCUT2D eigenvalue weighted by Crippen LogP contribution is 2.42. The van der Waals surface area contributed by atoms with Crippen molar-refractivity contribution < 1.29 is 53.2 Å². The first-order valence-corrected chi connectivity index (χ1v) is 14.3. The van der Waals surface area contributed by atoms with E-state index in [4.69, 9.17) is 24.0 Å². The van der Waals surface area contributed by atoms with Gasteiger partial charge >= 0.3 is 7.82 Å². The van der Waals surface area contributed by atoms with Crippen LogP contribution in [0, 0.1) is 0 Å². The van der Waals surface area contributed by atoms with Crippen molar-refractivity contribution in [1.29, 1.82) is 0 Å². The third-order valence-electron chi connectivity index (χ3n) is 7.54. The summed E-state index contributed by atoms with van der Waals surface area (Å²) < 4.78 is 33.7. The van der Waals surface area contributed by atoms with Gasteiger partial charge in [0.25, 0.3) is 0 Å². The molecule has 2 aromatic rings. The lowest BCUT2D eigenvalue weighted by molar-refractivity contribution is -0.449. The van der Waals surface area contributed by atoms with Crippen molar-refractivity contribution in [3.63, 3.8) is 0 Å². The number of nitrogens with zero attached hydrogens (tertiary/aromatic N) is 1. The zero-order valence-corrected chi connectivity index (χ0v) is 22.8. The molecule has 1 aromatic heterocycles. The summed E-state index contributed by atoms with van der Waals surface area (Å²) in [5.41, 5.74) is 0.844. The quantitative estimate of drug-likeness (QED) is 0.153. The number of hydrogen-bond acceptors (Lipinski definition) is 12. The number of imidazole rings is 1. The first-order valence-electron chi connectivity index (χ1n) is 12.8. The predicted molar refractivity (Wildman–Crippen MR) is 136 cm³/mol. The van der Waals surface area contributed by atoms with E-state index < -0.39 is 74.5 Å². The number of phosphoric acid groups is 1. The summed E-state index contributed by atoms with van der Waals surface area (Å²) in [6, 6.07) is 1.76. The van der Waals surface area contributed by atoms with Crippen LogP contribution in [0.15, 0.2) is 18.2 Å². The molecule has 0 spiro atoms. The lowest BCUT2D eigenvalue weighted by Crippen LogP contribution is -2.79. The number of aliphatic hydroxyl groups excluding tert-OH is 2. The molecule has 0 unspecified atom stereocenters. The molecule has 1 saturated carbocycles. The van der Waals surface area contributed by atoms with Gasteiger partial charge in [0.15, 0.2) is 0 Å². The first kappa shape index (κ1) is 29.3. The van der Waals surface area contributed by atoms with Gasteiger partial charge in [-0.2, -0.15) is 0 Å². The number of rotatable bonds is 7. The Bertz CT molecular complexity index is 1290. The molecule has 2 aliphatic heterocycles. The number of hydrogen-bond donors (Lipinski definition) is 9. The van der Waals surface area contributed by atoms with Gasteiger partial charge in [-0.3, -0.25) is 14.6 Å². The maximum Gasteiger partial charge on any atom is 0.524 e. The van der Waals surface area contributed by atoms with E-state index in [1.165, 1.54) is 18.2 Å². The number of aromatic amines is 1. The summed E-state index contributed by atoms with van der Waals surface area (Å²) in [5.74, 6) is -2.46. The van der Waals surface area contributed by atoms with E-state index in [2.05, 4.69) is 30.4 Å². The van der Waals surface area contributed by atoms with E-state index in [0.717, 1.165) is 0 Å². The number of benzene rings is 1. The number of nitrogens with one attached hydrogen (secondary N) is 4. The number of H-pyrrole nitrogens is 1. The van der Waals surface area contributed by atoms with Crippen LogP contribution in [0.1, 0.15) is 19.2 Å². The molecular formula is C23H34N5O11P.